The van der Waals surface area contributed by atoms with E-state index in [0.29, 0.717) is 6.04 Å². The molecule has 0 aliphatic rings. The lowest BCUT2D eigenvalue weighted by Crippen LogP contribution is -2.31. The second-order valence-corrected chi connectivity index (χ2v) is 5.25. The highest BCUT2D eigenvalue weighted by Crippen LogP contribution is 2.23. The van der Waals surface area contributed by atoms with Crippen molar-refractivity contribution >= 4 is 0 Å². The van der Waals surface area contributed by atoms with E-state index in [1.807, 2.05) is 30.3 Å². The number of halogens is 1. The van der Waals surface area contributed by atoms with Crippen LogP contribution in [0.1, 0.15) is 43.9 Å². The first-order chi connectivity index (χ1) is 9.70. The fraction of sp³-hybridized carbons (Fsp3) is 0.333. The van der Waals surface area contributed by atoms with E-state index in [-0.39, 0.29) is 11.9 Å². The van der Waals surface area contributed by atoms with Crippen molar-refractivity contribution in [1.82, 2.24) is 5.32 Å². The van der Waals surface area contributed by atoms with E-state index in [1.54, 1.807) is 0 Å². The van der Waals surface area contributed by atoms with Crippen LogP contribution in [-0.4, -0.2) is 6.04 Å². The molecule has 20 heavy (non-hydrogen) atoms. The van der Waals surface area contributed by atoms with Gasteiger partial charge in [0.25, 0.3) is 0 Å². The largest absolute Gasteiger partial charge is 0.304 e. The van der Waals surface area contributed by atoms with E-state index >= 15 is 0 Å². The lowest BCUT2D eigenvalue weighted by Gasteiger charge is -2.24. The van der Waals surface area contributed by atoms with E-state index in [2.05, 4.69) is 31.3 Å². The maximum Gasteiger partial charge on any atom is 0.123 e. The van der Waals surface area contributed by atoms with Gasteiger partial charge >= 0.3 is 0 Å². The van der Waals surface area contributed by atoms with Gasteiger partial charge < -0.3 is 5.32 Å². The van der Waals surface area contributed by atoms with Crippen molar-refractivity contribution in [2.75, 3.05) is 0 Å². The Kier molecular flexibility index (Phi) is 5.31. The summed E-state index contributed by atoms with van der Waals surface area (Å²) in [5, 5.41) is 3.65. The molecule has 0 saturated carbocycles. The molecule has 2 rings (SSSR count). The van der Waals surface area contributed by atoms with Gasteiger partial charge in [-0.2, -0.15) is 0 Å². The summed E-state index contributed by atoms with van der Waals surface area (Å²) < 4.78 is 13.1. The first kappa shape index (κ1) is 14.7. The summed E-state index contributed by atoms with van der Waals surface area (Å²) in [6.45, 7) is 4.39. The van der Waals surface area contributed by atoms with Crippen molar-refractivity contribution in [3.63, 3.8) is 0 Å². The van der Waals surface area contributed by atoms with Crippen molar-refractivity contribution in [3.05, 3.63) is 71.5 Å². The molecule has 0 bridgehead atoms. The van der Waals surface area contributed by atoms with Crippen LogP contribution in [0, 0.1) is 5.82 Å². The van der Waals surface area contributed by atoms with E-state index in [4.69, 9.17) is 0 Å². The molecular weight excluding hydrogens is 249 g/mol. The van der Waals surface area contributed by atoms with Crippen molar-refractivity contribution in [2.45, 2.75) is 38.8 Å². The predicted octanol–water partition coefficient (Wildman–Crippen LogP) is 4.69. The lowest BCUT2D eigenvalue weighted by molar-refractivity contribution is 0.468. The van der Waals surface area contributed by atoms with Crippen LogP contribution in [0.2, 0.25) is 0 Å². The zero-order valence-electron chi connectivity index (χ0n) is 12.1. The average Bonchev–Trinajstić information content (AvgIpc) is 2.47. The van der Waals surface area contributed by atoms with Gasteiger partial charge in [0.15, 0.2) is 0 Å². The predicted molar refractivity (Wildman–Crippen MR) is 82.2 cm³/mol. The van der Waals surface area contributed by atoms with Crippen LogP contribution in [0.4, 0.5) is 4.39 Å². The van der Waals surface area contributed by atoms with Crippen molar-refractivity contribution < 1.29 is 4.39 Å². The molecule has 106 valence electrons. The van der Waals surface area contributed by atoms with E-state index in [9.17, 15) is 4.39 Å². The molecule has 0 aliphatic heterocycles. The Hall–Kier alpha value is -1.67. The van der Waals surface area contributed by atoms with Crippen LogP contribution in [0.15, 0.2) is 54.6 Å². The van der Waals surface area contributed by atoms with Gasteiger partial charge in [-0.1, -0.05) is 55.8 Å². The second kappa shape index (κ2) is 7.20. The summed E-state index contributed by atoms with van der Waals surface area (Å²) in [7, 11) is 0. The molecule has 1 N–H and O–H groups in total. The van der Waals surface area contributed by atoms with Gasteiger partial charge in [-0.15, -0.1) is 0 Å². The summed E-state index contributed by atoms with van der Waals surface area (Å²) >= 11 is 0. The maximum absolute atomic E-state index is 13.1. The van der Waals surface area contributed by atoms with Crippen LogP contribution >= 0.6 is 0 Å². The van der Waals surface area contributed by atoms with Crippen LogP contribution in [0.3, 0.4) is 0 Å². The lowest BCUT2D eigenvalue weighted by atomic mass is 9.97. The molecule has 0 aromatic heterocycles. The van der Waals surface area contributed by atoms with Gasteiger partial charge in [-0.25, -0.2) is 4.39 Å². The number of rotatable bonds is 6. The van der Waals surface area contributed by atoms with Crippen LogP contribution in [0.5, 0.6) is 0 Å². The molecule has 1 nitrogen and oxygen atoms in total. The Labute approximate surface area is 120 Å². The molecule has 2 heteroatoms. The van der Waals surface area contributed by atoms with Gasteiger partial charge in [-0.05, 0) is 36.6 Å². The van der Waals surface area contributed by atoms with Gasteiger partial charge in [0.05, 0.1) is 6.04 Å². The standard InChI is InChI=1S/C18H22FN/c1-3-7-14(2)20-18(15-8-5-4-6-9-15)16-10-12-17(19)13-11-16/h4-6,8-14,18,20H,3,7H2,1-2H3. The SMILES string of the molecule is CCCC(C)NC(c1ccccc1)c1ccc(F)cc1. The second-order valence-electron chi connectivity index (χ2n) is 5.25. The molecule has 2 aromatic carbocycles. The third kappa shape index (κ3) is 3.91. The third-order valence-corrected chi connectivity index (χ3v) is 3.51. The molecule has 0 radical (unpaired) electrons. The summed E-state index contributed by atoms with van der Waals surface area (Å²) in [5.41, 5.74) is 2.31. The summed E-state index contributed by atoms with van der Waals surface area (Å²) in [6, 6.07) is 17.6. The molecule has 0 heterocycles. The van der Waals surface area contributed by atoms with Gasteiger partial charge in [0, 0.05) is 6.04 Å². The van der Waals surface area contributed by atoms with Gasteiger partial charge in [0.1, 0.15) is 5.82 Å². The topological polar surface area (TPSA) is 12.0 Å². The Balaban J connectivity index is 2.26. The molecule has 0 aliphatic carbocycles. The highest BCUT2D eigenvalue weighted by molar-refractivity contribution is 5.31. The first-order valence-corrected chi connectivity index (χ1v) is 7.27. The van der Waals surface area contributed by atoms with Gasteiger partial charge in [-0.3, -0.25) is 0 Å². The number of hydrogen-bond donors (Lipinski definition) is 1. The summed E-state index contributed by atoms with van der Waals surface area (Å²) in [5.74, 6) is -0.192. The average molecular weight is 271 g/mol. The van der Waals surface area contributed by atoms with E-state index in [1.165, 1.54) is 17.7 Å². The number of benzene rings is 2. The first-order valence-electron chi connectivity index (χ1n) is 7.27. The zero-order valence-corrected chi connectivity index (χ0v) is 12.1. The minimum absolute atomic E-state index is 0.110. The van der Waals surface area contributed by atoms with E-state index < -0.39 is 0 Å². The molecule has 0 fully saturated rings. The summed E-state index contributed by atoms with van der Waals surface area (Å²) in [4.78, 5) is 0. The van der Waals surface area contributed by atoms with Crippen LogP contribution < -0.4 is 5.32 Å². The maximum atomic E-state index is 13.1. The fourth-order valence-electron chi connectivity index (χ4n) is 2.49. The number of hydrogen-bond acceptors (Lipinski definition) is 1. The monoisotopic (exact) mass is 271 g/mol. The number of nitrogens with one attached hydrogen (secondary N) is 1. The van der Waals surface area contributed by atoms with Crippen LogP contribution in [-0.2, 0) is 0 Å². The Morgan fingerprint density at radius 2 is 1.55 bits per heavy atom. The molecule has 0 saturated heterocycles. The molecule has 2 unspecified atom stereocenters. The Morgan fingerprint density at radius 3 is 2.15 bits per heavy atom. The minimum atomic E-state index is -0.192. The third-order valence-electron chi connectivity index (χ3n) is 3.51. The summed E-state index contributed by atoms with van der Waals surface area (Å²) in [6.07, 6.45) is 2.28. The highest BCUT2D eigenvalue weighted by atomic mass is 19.1. The molecule has 0 spiro atoms. The van der Waals surface area contributed by atoms with Crippen LogP contribution in [0.25, 0.3) is 0 Å². The normalized spacial score (nSPS) is 13.9. The van der Waals surface area contributed by atoms with Gasteiger partial charge in [0.2, 0.25) is 0 Å². The minimum Gasteiger partial charge on any atom is -0.304 e. The fourth-order valence-corrected chi connectivity index (χ4v) is 2.49. The van der Waals surface area contributed by atoms with Crippen molar-refractivity contribution in [3.8, 4) is 0 Å². The quantitative estimate of drug-likeness (QED) is 0.803. The zero-order chi connectivity index (χ0) is 14.4. The molecule has 0 amide bonds. The molecule has 2 atom stereocenters. The highest BCUT2D eigenvalue weighted by Gasteiger charge is 2.16. The Morgan fingerprint density at radius 1 is 0.950 bits per heavy atom. The van der Waals surface area contributed by atoms with Crippen molar-refractivity contribution in [2.24, 2.45) is 0 Å². The van der Waals surface area contributed by atoms with E-state index in [0.717, 1.165) is 18.4 Å². The van der Waals surface area contributed by atoms with Crippen molar-refractivity contribution in [1.29, 1.82) is 0 Å². The Bertz CT molecular complexity index is 507. The molecular formula is C18H22FN. The molecule has 2 aromatic rings. The smallest absolute Gasteiger partial charge is 0.123 e.